The van der Waals surface area contributed by atoms with Crippen LogP contribution in [0, 0.1) is 0 Å². The van der Waals surface area contributed by atoms with Gasteiger partial charge >= 0.3 is 0 Å². The highest BCUT2D eigenvalue weighted by atomic mass is 16.6. The lowest BCUT2D eigenvalue weighted by atomic mass is 10.1. The van der Waals surface area contributed by atoms with E-state index in [0.29, 0.717) is 31.3 Å². The Balaban J connectivity index is 1.75. The average molecular weight is 321 g/mol. The van der Waals surface area contributed by atoms with Crippen LogP contribution in [0.25, 0.3) is 0 Å². The maximum atomic E-state index is 12.0. The molecule has 0 unspecified atom stereocenters. The number of amides is 1. The van der Waals surface area contributed by atoms with Crippen molar-refractivity contribution in [1.82, 2.24) is 5.32 Å². The van der Waals surface area contributed by atoms with Gasteiger partial charge in [0.15, 0.2) is 11.5 Å². The number of phenolic OH excluding ortho intramolecular Hbond substituents is 1. The number of ether oxygens (including phenoxy) is 2. The number of carbonyl (C=O) groups excluding carboxylic acids is 1. The van der Waals surface area contributed by atoms with E-state index >= 15 is 0 Å². The fraction of sp³-hybridized carbons (Fsp3) is 0.611. The van der Waals surface area contributed by atoms with Crippen molar-refractivity contribution in [3.8, 4) is 17.2 Å². The van der Waals surface area contributed by atoms with Gasteiger partial charge in [0.2, 0.25) is 11.7 Å². The molecule has 23 heavy (non-hydrogen) atoms. The van der Waals surface area contributed by atoms with Crippen molar-refractivity contribution in [3.63, 3.8) is 0 Å². The van der Waals surface area contributed by atoms with Crippen molar-refractivity contribution in [3.05, 3.63) is 17.7 Å². The monoisotopic (exact) mass is 321 g/mol. The zero-order chi connectivity index (χ0) is 16.5. The number of phenols is 1. The van der Waals surface area contributed by atoms with Crippen molar-refractivity contribution in [2.45, 2.75) is 51.9 Å². The fourth-order valence-corrected chi connectivity index (χ4v) is 2.69. The number of hydrogen-bond donors (Lipinski definition) is 2. The van der Waals surface area contributed by atoms with E-state index in [-0.39, 0.29) is 18.1 Å². The second kappa shape index (κ2) is 9.28. The number of aromatic hydroxyl groups is 1. The predicted octanol–water partition coefficient (Wildman–Crippen LogP) is 3.18. The van der Waals surface area contributed by atoms with Crippen LogP contribution >= 0.6 is 0 Å². The van der Waals surface area contributed by atoms with Crippen LogP contribution in [0.4, 0.5) is 0 Å². The SMILES string of the molecule is CCCCCCCCNC(=O)Cc1ccc(O)c2c1OCCO2. The molecule has 0 atom stereocenters. The van der Waals surface area contributed by atoms with E-state index in [9.17, 15) is 9.90 Å². The minimum absolute atomic E-state index is 0.0272. The first-order chi connectivity index (χ1) is 11.2. The number of carbonyl (C=O) groups is 1. The molecule has 2 N–H and O–H groups in total. The van der Waals surface area contributed by atoms with Crippen molar-refractivity contribution in [1.29, 1.82) is 0 Å². The Morgan fingerprint density at radius 2 is 1.78 bits per heavy atom. The lowest BCUT2D eigenvalue weighted by Gasteiger charge is -2.21. The normalized spacial score (nSPS) is 12.9. The summed E-state index contributed by atoms with van der Waals surface area (Å²) in [6, 6.07) is 3.26. The Morgan fingerprint density at radius 1 is 1.09 bits per heavy atom. The van der Waals surface area contributed by atoms with Gasteiger partial charge in [-0.25, -0.2) is 0 Å². The molecule has 0 aromatic heterocycles. The van der Waals surface area contributed by atoms with Crippen LogP contribution in [0.1, 0.15) is 51.0 Å². The summed E-state index contributed by atoms with van der Waals surface area (Å²) in [6.45, 7) is 3.76. The number of rotatable bonds is 9. The molecule has 128 valence electrons. The van der Waals surface area contributed by atoms with Gasteiger partial charge < -0.3 is 19.9 Å². The van der Waals surface area contributed by atoms with Crippen molar-refractivity contribution in [2.24, 2.45) is 0 Å². The molecule has 1 aliphatic heterocycles. The molecule has 5 nitrogen and oxygen atoms in total. The Morgan fingerprint density at radius 3 is 2.57 bits per heavy atom. The van der Waals surface area contributed by atoms with Gasteiger partial charge in [-0.05, 0) is 12.5 Å². The quantitative estimate of drug-likeness (QED) is 0.686. The van der Waals surface area contributed by atoms with E-state index < -0.39 is 0 Å². The molecule has 5 heteroatoms. The van der Waals surface area contributed by atoms with Crippen molar-refractivity contribution < 1.29 is 19.4 Å². The molecule has 0 radical (unpaired) electrons. The minimum atomic E-state index is -0.0272. The molecule has 0 fully saturated rings. The summed E-state index contributed by atoms with van der Waals surface area (Å²) in [5.41, 5.74) is 0.748. The molecule has 0 saturated carbocycles. The first-order valence-electron chi connectivity index (χ1n) is 8.59. The van der Waals surface area contributed by atoms with E-state index in [1.165, 1.54) is 25.7 Å². The number of unbranched alkanes of at least 4 members (excludes halogenated alkanes) is 5. The first kappa shape index (κ1) is 17.4. The molecular weight excluding hydrogens is 294 g/mol. The van der Waals surface area contributed by atoms with E-state index in [1.54, 1.807) is 12.1 Å². The van der Waals surface area contributed by atoms with Crippen LogP contribution in [-0.2, 0) is 11.2 Å². The first-order valence-corrected chi connectivity index (χ1v) is 8.59. The molecule has 2 rings (SSSR count). The number of nitrogens with one attached hydrogen (secondary N) is 1. The largest absolute Gasteiger partial charge is 0.504 e. The third-order valence-corrected chi connectivity index (χ3v) is 3.95. The molecule has 0 aliphatic carbocycles. The summed E-state index contributed by atoms with van der Waals surface area (Å²) >= 11 is 0. The molecule has 1 aromatic carbocycles. The third-order valence-electron chi connectivity index (χ3n) is 3.95. The highest BCUT2D eigenvalue weighted by molar-refractivity contribution is 5.80. The molecule has 0 saturated heterocycles. The number of hydrogen-bond acceptors (Lipinski definition) is 4. The Labute approximate surface area is 138 Å². The summed E-state index contributed by atoms with van der Waals surface area (Å²) < 4.78 is 11.0. The van der Waals surface area contributed by atoms with Crippen LogP contribution in [0.3, 0.4) is 0 Å². The fourth-order valence-electron chi connectivity index (χ4n) is 2.69. The minimum Gasteiger partial charge on any atom is -0.504 e. The lowest BCUT2D eigenvalue weighted by Crippen LogP contribution is -2.26. The smallest absolute Gasteiger partial charge is 0.224 e. The molecule has 1 aliphatic rings. The van der Waals surface area contributed by atoms with E-state index in [4.69, 9.17) is 9.47 Å². The van der Waals surface area contributed by atoms with Crippen LogP contribution in [0.15, 0.2) is 12.1 Å². The van der Waals surface area contributed by atoms with Crippen molar-refractivity contribution >= 4 is 5.91 Å². The van der Waals surface area contributed by atoms with E-state index in [0.717, 1.165) is 18.4 Å². The van der Waals surface area contributed by atoms with Crippen LogP contribution in [0.2, 0.25) is 0 Å². The number of fused-ring (bicyclic) bond motifs is 1. The maximum absolute atomic E-state index is 12.0. The Kier molecular flexibility index (Phi) is 7.04. The van der Waals surface area contributed by atoms with Crippen LogP contribution in [-0.4, -0.2) is 30.8 Å². The van der Waals surface area contributed by atoms with Gasteiger partial charge in [-0.2, -0.15) is 0 Å². The molecule has 0 bridgehead atoms. The molecule has 1 heterocycles. The van der Waals surface area contributed by atoms with Gasteiger partial charge in [0.05, 0.1) is 6.42 Å². The zero-order valence-electron chi connectivity index (χ0n) is 13.9. The van der Waals surface area contributed by atoms with Gasteiger partial charge in [0, 0.05) is 12.1 Å². The standard InChI is InChI=1S/C18H27NO4/c1-2-3-4-5-6-7-10-19-16(21)13-14-8-9-15(20)18-17(14)22-11-12-23-18/h8-9,20H,2-7,10-13H2,1H3,(H,19,21). The highest BCUT2D eigenvalue weighted by Crippen LogP contribution is 2.41. The molecule has 1 amide bonds. The average Bonchev–Trinajstić information content (AvgIpc) is 2.57. The Bertz CT molecular complexity index is 516. The summed E-state index contributed by atoms with van der Waals surface area (Å²) in [7, 11) is 0. The van der Waals surface area contributed by atoms with Crippen LogP contribution in [0.5, 0.6) is 17.2 Å². The van der Waals surface area contributed by atoms with Gasteiger partial charge in [0.1, 0.15) is 13.2 Å². The predicted molar refractivity (Wildman–Crippen MR) is 89.2 cm³/mol. The summed E-state index contributed by atoms with van der Waals surface area (Å²) in [4.78, 5) is 12.0. The molecule has 0 spiro atoms. The van der Waals surface area contributed by atoms with Crippen LogP contribution < -0.4 is 14.8 Å². The highest BCUT2D eigenvalue weighted by Gasteiger charge is 2.21. The second-order valence-corrected chi connectivity index (χ2v) is 5.89. The third kappa shape index (κ3) is 5.34. The second-order valence-electron chi connectivity index (χ2n) is 5.89. The summed E-state index contributed by atoms with van der Waals surface area (Å²) in [5, 5.41) is 12.7. The maximum Gasteiger partial charge on any atom is 0.224 e. The van der Waals surface area contributed by atoms with E-state index in [2.05, 4.69) is 12.2 Å². The van der Waals surface area contributed by atoms with Gasteiger partial charge in [-0.1, -0.05) is 45.1 Å². The lowest BCUT2D eigenvalue weighted by molar-refractivity contribution is -0.120. The topological polar surface area (TPSA) is 67.8 Å². The summed E-state index contributed by atoms with van der Waals surface area (Å²) in [6.07, 6.45) is 7.47. The van der Waals surface area contributed by atoms with Gasteiger partial charge in [0.25, 0.3) is 0 Å². The van der Waals surface area contributed by atoms with Crippen molar-refractivity contribution in [2.75, 3.05) is 19.8 Å². The number of benzene rings is 1. The Hall–Kier alpha value is -1.91. The molecule has 1 aromatic rings. The van der Waals surface area contributed by atoms with E-state index in [1.807, 2.05) is 0 Å². The van der Waals surface area contributed by atoms with Gasteiger partial charge in [-0.15, -0.1) is 0 Å². The summed E-state index contributed by atoms with van der Waals surface area (Å²) in [5.74, 6) is 0.861. The zero-order valence-corrected chi connectivity index (χ0v) is 13.9. The molecular formula is C18H27NO4. The van der Waals surface area contributed by atoms with Gasteiger partial charge in [-0.3, -0.25) is 4.79 Å².